The fourth-order valence-corrected chi connectivity index (χ4v) is 5.42. The molecule has 8 heteroatoms. The van der Waals surface area contributed by atoms with E-state index in [9.17, 15) is 9.59 Å². The Balaban J connectivity index is 1.82. The SMILES string of the molecule is CC(=O)N=c1[se]c(C(=O)c2nc3ccccc3s2)nn1-c1ccc(C)cc1. The molecule has 27 heavy (non-hydrogen) atoms. The number of thiazole rings is 1. The summed E-state index contributed by atoms with van der Waals surface area (Å²) in [5.74, 6) is -0.519. The van der Waals surface area contributed by atoms with Crippen LogP contribution in [0.5, 0.6) is 0 Å². The topological polar surface area (TPSA) is 77.2 Å². The molecule has 0 radical (unpaired) electrons. The molecule has 0 spiro atoms. The number of rotatable bonds is 3. The molecule has 4 aromatic rings. The van der Waals surface area contributed by atoms with Gasteiger partial charge in [0.2, 0.25) is 0 Å². The van der Waals surface area contributed by atoms with Gasteiger partial charge in [-0.2, -0.15) is 0 Å². The van der Waals surface area contributed by atoms with Crippen LogP contribution in [0.3, 0.4) is 0 Å². The van der Waals surface area contributed by atoms with Crippen LogP contribution in [0.15, 0.2) is 53.5 Å². The van der Waals surface area contributed by atoms with E-state index in [1.165, 1.54) is 18.3 Å². The molecular formula is C19H14N4O2SSe. The molecule has 0 atom stereocenters. The maximum absolute atomic E-state index is 12.9. The summed E-state index contributed by atoms with van der Waals surface area (Å²) in [5.41, 5.74) is 2.68. The normalized spacial score (nSPS) is 11.9. The number of carbonyl (C=O) groups excluding carboxylic acids is 2. The van der Waals surface area contributed by atoms with Crippen molar-refractivity contribution < 1.29 is 9.59 Å². The van der Waals surface area contributed by atoms with E-state index in [1.54, 1.807) is 4.68 Å². The molecule has 0 saturated carbocycles. The van der Waals surface area contributed by atoms with Crippen molar-refractivity contribution in [2.24, 2.45) is 4.99 Å². The van der Waals surface area contributed by atoms with Gasteiger partial charge in [-0.1, -0.05) is 0 Å². The summed E-state index contributed by atoms with van der Waals surface area (Å²) < 4.78 is 3.44. The third kappa shape index (κ3) is 3.60. The van der Waals surface area contributed by atoms with Gasteiger partial charge < -0.3 is 0 Å². The molecule has 2 aromatic carbocycles. The van der Waals surface area contributed by atoms with Gasteiger partial charge in [-0.15, -0.1) is 0 Å². The number of hydrogen-bond acceptors (Lipinski definition) is 5. The van der Waals surface area contributed by atoms with Gasteiger partial charge in [-0.3, -0.25) is 0 Å². The number of nitrogens with zero attached hydrogens (tertiary/aromatic N) is 4. The van der Waals surface area contributed by atoms with E-state index in [-0.39, 0.29) is 11.7 Å². The number of aromatic nitrogens is 3. The molecule has 2 aromatic heterocycles. The van der Waals surface area contributed by atoms with Crippen LogP contribution in [0, 0.1) is 6.92 Å². The molecule has 0 bridgehead atoms. The minimum absolute atomic E-state index is 0.206. The maximum atomic E-state index is 12.9. The molecule has 134 valence electrons. The standard InChI is InChI=1S/C19H14N4O2SSe/c1-11-7-9-13(10-8-11)23-19(20-12(2)24)27-18(22-23)16(25)17-21-14-5-3-4-6-15(14)26-17/h3-10H,1-2H3. The van der Waals surface area contributed by atoms with Crippen LogP contribution in [-0.2, 0) is 4.79 Å². The van der Waals surface area contributed by atoms with Gasteiger partial charge in [0.15, 0.2) is 0 Å². The van der Waals surface area contributed by atoms with Gasteiger partial charge in [0, 0.05) is 0 Å². The number of amides is 1. The van der Waals surface area contributed by atoms with Gasteiger partial charge in [0.1, 0.15) is 0 Å². The summed E-state index contributed by atoms with van der Waals surface area (Å²) in [5, 5.41) is 4.89. The first-order valence-electron chi connectivity index (χ1n) is 8.14. The molecular weight excluding hydrogens is 427 g/mol. The molecule has 0 N–H and O–H groups in total. The number of benzene rings is 2. The molecule has 4 rings (SSSR count). The molecule has 0 unspecified atom stereocenters. The van der Waals surface area contributed by atoms with Crippen LogP contribution in [0.2, 0.25) is 0 Å². The second-order valence-electron chi connectivity index (χ2n) is 5.88. The first-order valence-corrected chi connectivity index (χ1v) is 10.7. The number of para-hydroxylation sites is 1. The van der Waals surface area contributed by atoms with Crippen molar-refractivity contribution >= 4 is 47.7 Å². The first-order chi connectivity index (χ1) is 13.0. The predicted molar refractivity (Wildman–Crippen MR) is 105 cm³/mol. The summed E-state index contributed by atoms with van der Waals surface area (Å²) in [6.07, 6.45) is 0. The van der Waals surface area contributed by atoms with Crippen molar-refractivity contribution in [2.45, 2.75) is 13.8 Å². The molecule has 0 aliphatic carbocycles. The number of aryl methyl sites for hydroxylation is 1. The van der Waals surface area contributed by atoms with Gasteiger partial charge in [-0.25, -0.2) is 0 Å². The van der Waals surface area contributed by atoms with E-state index >= 15 is 0 Å². The summed E-state index contributed by atoms with van der Waals surface area (Å²) >= 11 is 0.883. The fourth-order valence-electron chi connectivity index (χ4n) is 2.50. The monoisotopic (exact) mass is 442 g/mol. The van der Waals surface area contributed by atoms with Crippen molar-refractivity contribution in [3.8, 4) is 5.69 Å². The average molecular weight is 441 g/mol. The zero-order chi connectivity index (χ0) is 19.0. The van der Waals surface area contributed by atoms with E-state index in [2.05, 4.69) is 15.1 Å². The number of fused-ring (bicyclic) bond motifs is 1. The van der Waals surface area contributed by atoms with Crippen molar-refractivity contribution in [1.29, 1.82) is 0 Å². The molecule has 2 heterocycles. The van der Waals surface area contributed by atoms with Crippen LogP contribution < -0.4 is 4.36 Å². The van der Waals surface area contributed by atoms with Crippen molar-refractivity contribution in [3.63, 3.8) is 0 Å². The Labute approximate surface area is 164 Å². The average Bonchev–Trinajstić information content (AvgIpc) is 3.25. The Morgan fingerprint density at radius 2 is 1.85 bits per heavy atom. The second-order valence-corrected chi connectivity index (χ2v) is 8.92. The van der Waals surface area contributed by atoms with Crippen LogP contribution in [-0.4, -0.2) is 41.0 Å². The first kappa shape index (κ1) is 17.7. The summed E-state index contributed by atoms with van der Waals surface area (Å²) in [4.78, 5) is 33.0. The number of carbonyl (C=O) groups is 2. The van der Waals surface area contributed by atoms with Crippen LogP contribution in [0.4, 0.5) is 0 Å². The third-order valence-electron chi connectivity index (χ3n) is 3.77. The zero-order valence-electron chi connectivity index (χ0n) is 14.5. The van der Waals surface area contributed by atoms with E-state index in [0.29, 0.717) is 13.9 Å². The van der Waals surface area contributed by atoms with Crippen molar-refractivity contribution in [3.05, 3.63) is 68.0 Å². The Bertz CT molecular complexity index is 1200. The Hall–Kier alpha value is -2.67. The van der Waals surface area contributed by atoms with Crippen LogP contribution in [0.1, 0.15) is 26.9 Å². The van der Waals surface area contributed by atoms with Crippen molar-refractivity contribution in [1.82, 2.24) is 14.8 Å². The molecule has 1 amide bonds. The van der Waals surface area contributed by atoms with Crippen molar-refractivity contribution in [2.75, 3.05) is 0 Å². The van der Waals surface area contributed by atoms with Crippen LogP contribution in [0.25, 0.3) is 15.9 Å². The van der Waals surface area contributed by atoms with Gasteiger partial charge in [0.25, 0.3) is 0 Å². The van der Waals surface area contributed by atoms with Gasteiger partial charge >= 0.3 is 165 Å². The summed E-state index contributed by atoms with van der Waals surface area (Å²) in [7, 11) is 0. The minimum atomic E-state index is -0.467. The predicted octanol–water partition coefficient (Wildman–Crippen LogP) is 2.53. The third-order valence-corrected chi connectivity index (χ3v) is 6.71. The van der Waals surface area contributed by atoms with Gasteiger partial charge in [0.05, 0.1) is 0 Å². The summed E-state index contributed by atoms with van der Waals surface area (Å²) in [6.45, 7) is 3.39. The van der Waals surface area contributed by atoms with E-state index in [4.69, 9.17) is 0 Å². The van der Waals surface area contributed by atoms with E-state index in [0.717, 1.165) is 21.5 Å². The summed E-state index contributed by atoms with van der Waals surface area (Å²) in [6, 6.07) is 15.3. The van der Waals surface area contributed by atoms with Gasteiger partial charge in [-0.05, 0) is 0 Å². The van der Waals surface area contributed by atoms with E-state index in [1.807, 2.05) is 55.5 Å². The second kappa shape index (κ2) is 7.15. The molecule has 0 aliphatic heterocycles. The molecule has 6 nitrogen and oxygen atoms in total. The Morgan fingerprint density at radius 3 is 2.56 bits per heavy atom. The van der Waals surface area contributed by atoms with Crippen LogP contribution >= 0.6 is 11.3 Å². The molecule has 0 aliphatic rings. The Kier molecular flexibility index (Phi) is 4.70. The number of ketones is 1. The zero-order valence-corrected chi connectivity index (χ0v) is 17.1. The molecule has 0 saturated heterocycles. The molecule has 0 fully saturated rings. The van der Waals surface area contributed by atoms with E-state index < -0.39 is 14.5 Å². The number of hydrogen-bond donors (Lipinski definition) is 0. The quantitative estimate of drug-likeness (QED) is 0.362. The Morgan fingerprint density at radius 1 is 1.11 bits per heavy atom. The fraction of sp³-hybridized carbons (Fsp3) is 0.105.